The average Bonchev–Trinajstić information content (AvgIpc) is 1.07. The topological polar surface area (TPSA) is 50.8 Å². The number of anilines is 6. The Kier molecular flexibility index (Phi) is 13.8. The predicted molar refractivity (Wildman–Crippen MR) is 499 cm³/mol. The van der Waals surface area contributed by atoms with Crippen molar-refractivity contribution in [2.75, 3.05) is 9.80 Å². The van der Waals surface area contributed by atoms with Crippen molar-refractivity contribution in [3.05, 3.63) is 400 Å². The molecule has 24 rings (SSSR count). The Bertz CT molecular complexity index is 8330. The van der Waals surface area contributed by atoms with Crippen molar-refractivity contribution < 1.29 is 22.8 Å². The van der Waals surface area contributed by atoms with Gasteiger partial charge in [-0.25, -0.2) is 0 Å². The molecule has 6 nitrogen and oxygen atoms in total. The highest BCUT2D eigenvalue weighted by Crippen LogP contribution is 2.58. The van der Waals surface area contributed by atoms with E-state index in [9.17, 15) is 9.60 Å². The molecule has 558 valence electrons. The molecule has 18 aromatic carbocycles. The van der Waals surface area contributed by atoms with Crippen LogP contribution in [0, 0.1) is 0 Å². The fourth-order valence-corrected chi connectivity index (χ4v) is 19.0. The fraction of sp³-hybridized carbons (Fsp3) is 0.0357. The highest BCUT2D eigenvalue weighted by Gasteiger charge is 2.47. The molecule has 0 aliphatic carbocycles. The first-order chi connectivity index (χ1) is 61.6. The van der Waals surface area contributed by atoms with Crippen LogP contribution in [0.4, 0.5) is 34.1 Å². The van der Waals surface area contributed by atoms with Gasteiger partial charge in [0.2, 0.25) is 0 Å². The van der Waals surface area contributed by atoms with Crippen molar-refractivity contribution in [2.24, 2.45) is 0 Å². The summed E-state index contributed by atoms with van der Waals surface area (Å²) in [6.07, 6.45) is 0. The first-order valence-corrected chi connectivity index (χ1v) is 40.6. The van der Waals surface area contributed by atoms with E-state index in [1.54, 1.807) is 4.57 Å². The second kappa shape index (κ2) is 26.7. The summed E-state index contributed by atoms with van der Waals surface area (Å²) in [7, 11) is 0. The molecule has 0 fully saturated rings. The molecule has 4 aromatic heterocycles. The van der Waals surface area contributed by atoms with Crippen LogP contribution in [0.15, 0.2) is 407 Å². The molecule has 2 aliphatic rings. The molecule has 0 bridgehead atoms. The summed E-state index contributed by atoms with van der Waals surface area (Å²) < 4.78 is 93.6. The Morgan fingerprint density at radius 3 is 1.27 bits per heavy atom. The summed E-state index contributed by atoms with van der Waals surface area (Å²) in [4.78, 5) is 5.02. The zero-order chi connectivity index (χ0) is 84.8. The summed E-state index contributed by atoms with van der Waals surface area (Å²) in [6, 6.07) is 121. The van der Waals surface area contributed by atoms with Gasteiger partial charge in [0, 0.05) is 83.0 Å². The van der Waals surface area contributed by atoms with Crippen molar-refractivity contribution in [3.8, 4) is 94.7 Å². The van der Waals surface area contributed by atoms with Crippen molar-refractivity contribution in [3.63, 3.8) is 0 Å². The molecule has 0 spiro atoms. The number of benzene rings is 18. The van der Waals surface area contributed by atoms with E-state index in [1.807, 2.05) is 84.9 Å². The lowest BCUT2D eigenvalue weighted by Crippen LogP contribution is -2.61. The van der Waals surface area contributed by atoms with Crippen LogP contribution in [0.5, 0.6) is 0 Å². The van der Waals surface area contributed by atoms with Crippen LogP contribution >= 0.6 is 0 Å². The van der Waals surface area contributed by atoms with Gasteiger partial charge in [-0.1, -0.05) is 330 Å². The molecule has 0 saturated heterocycles. The SMILES string of the molecule is [2H]c1c([2H])c([2H])c2c(c1[2H])c1c([2H])c(-c3ccccc3)c([2H])c([2H])c1n2-c1ccc2c(c1)N(c1c(-c3ccc(-c4ccccc4)cc3)cc(-c3ccccc3)c3oc4ccccc4c13)c1cc(C(C)(C)C)cc3c1B2c1cc(-c2cccc4oc5ccccc5c24)ccc1N3c1c(-c2ccc(-c3ccccc3)cc2)cc(-c2ccccc2)c2oc3ccccc3c12. The smallest absolute Gasteiger partial charge is 0.252 e. The lowest BCUT2D eigenvalue weighted by Gasteiger charge is -2.46. The van der Waals surface area contributed by atoms with E-state index in [4.69, 9.17) is 13.3 Å². The summed E-state index contributed by atoms with van der Waals surface area (Å²) in [6.45, 7) is 6.23. The van der Waals surface area contributed by atoms with E-state index in [0.29, 0.717) is 28.1 Å². The highest BCUT2D eigenvalue weighted by molar-refractivity contribution is 7.00. The molecular weight excluding hydrogens is 1450 g/mol. The largest absolute Gasteiger partial charge is 0.456 e. The molecule has 2 aliphatic heterocycles. The number of rotatable bonds is 11. The third kappa shape index (κ3) is 10.8. The summed E-state index contributed by atoms with van der Waals surface area (Å²) >= 11 is 0. The van der Waals surface area contributed by atoms with Crippen molar-refractivity contribution in [2.45, 2.75) is 26.2 Å². The third-order valence-electron chi connectivity index (χ3n) is 24.6. The van der Waals surface area contributed by atoms with Crippen LogP contribution in [0.3, 0.4) is 0 Å². The van der Waals surface area contributed by atoms with E-state index in [2.05, 4.69) is 297 Å². The van der Waals surface area contributed by atoms with Gasteiger partial charge in [0.05, 0.1) is 42.8 Å². The number of furan rings is 3. The molecule has 0 N–H and O–H groups in total. The fourth-order valence-electron chi connectivity index (χ4n) is 19.0. The molecule has 0 saturated carbocycles. The van der Waals surface area contributed by atoms with Gasteiger partial charge in [-0.3, -0.25) is 0 Å². The van der Waals surface area contributed by atoms with Gasteiger partial charge in [0.25, 0.3) is 6.71 Å². The number of nitrogens with zero attached hydrogens (tertiary/aromatic N) is 3. The quantitative estimate of drug-likeness (QED) is 0.121. The van der Waals surface area contributed by atoms with Crippen LogP contribution in [-0.2, 0) is 5.41 Å². The number of hydrogen-bond acceptors (Lipinski definition) is 5. The van der Waals surface area contributed by atoms with E-state index < -0.39 is 24.2 Å². The van der Waals surface area contributed by atoms with Crippen molar-refractivity contribution >= 4 is 145 Å². The van der Waals surface area contributed by atoms with Crippen LogP contribution in [-0.4, -0.2) is 11.3 Å². The molecule has 0 unspecified atom stereocenters. The van der Waals surface area contributed by atoms with Gasteiger partial charge < -0.3 is 27.6 Å². The van der Waals surface area contributed by atoms with Crippen molar-refractivity contribution in [1.29, 1.82) is 0 Å². The normalized spacial score (nSPS) is 13.4. The third-order valence-corrected chi connectivity index (χ3v) is 24.6. The molecule has 6 heterocycles. The number of fused-ring (bicyclic) bond motifs is 16. The molecule has 0 amide bonds. The van der Waals surface area contributed by atoms with Crippen LogP contribution in [0.2, 0.25) is 0 Å². The van der Waals surface area contributed by atoms with E-state index in [0.717, 1.165) is 183 Å². The summed E-state index contributed by atoms with van der Waals surface area (Å²) in [5.74, 6) is 0. The van der Waals surface area contributed by atoms with Gasteiger partial charge in [0.1, 0.15) is 33.5 Å². The predicted octanol–water partition coefficient (Wildman–Crippen LogP) is 29.2. The van der Waals surface area contributed by atoms with Crippen molar-refractivity contribution in [1.82, 2.24) is 4.57 Å². The average molecular weight is 1530 g/mol. The zero-order valence-corrected chi connectivity index (χ0v) is 65.1. The molecule has 22 aromatic rings. The minimum absolute atomic E-state index is 0.0726. The minimum Gasteiger partial charge on any atom is -0.456 e. The molecule has 0 radical (unpaired) electrons. The van der Waals surface area contributed by atoms with E-state index >= 15 is 0 Å². The van der Waals surface area contributed by atoms with Crippen LogP contribution < -0.4 is 26.2 Å². The summed E-state index contributed by atoms with van der Waals surface area (Å²) in [5, 5.41) is 5.76. The van der Waals surface area contributed by atoms with Gasteiger partial charge in [-0.2, -0.15) is 0 Å². The molecule has 119 heavy (non-hydrogen) atoms. The minimum atomic E-state index is -0.617. The standard InChI is InChI=1S/C112H74BN3O3/c1-112(2,3)80-64-98-107-99(65-80)116(109-88(77-54-50-73(51-55-77)70-30-11-5-12-31-70)68-90(75-36-17-8-18-37-75)111-106(109)86-41-22-26-46-102(86)119-111)97-66-81(114-94-43-23-19-38-83(94)91-62-78(56-60-95(91)114)71-32-13-6-14-33-71)58-59-92(97)113(107)93-63-79(82-42-27-47-103-104(82)84-39-20-24-44-100(84)117-103)57-61-96(93)115(98)108-87(76-52-48-72(49-53-76)69-28-9-4-10-29-69)67-89(74-34-15-7-16-35-74)110-105(108)85-40-21-25-45-101(85)118-110/h4-68H,1-3H3/i19D,23D,38D,43D,56D,60D,62D. The van der Waals surface area contributed by atoms with Gasteiger partial charge in [-0.15, -0.1) is 0 Å². The Morgan fingerprint density at radius 2 is 0.723 bits per heavy atom. The summed E-state index contributed by atoms with van der Waals surface area (Å²) in [5.41, 5.74) is 27.8. The number of para-hydroxylation sites is 4. The Balaban J connectivity index is 0.892. The maximum atomic E-state index is 10.5. The first-order valence-electron chi connectivity index (χ1n) is 44.1. The molecular formula is C112H74BN3O3. The Morgan fingerprint density at radius 1 is 0.286 bits per heavy atom. The van der Waals surface area contributed by atoms with Crippen LogP contribution in [0.25, 0.3) is 182 Å². The zero-order valence-electron chi connectivity index (χ0n) is 72.1. The molecule has 0 atom stereocenters. The lowest BCUT2D eigenvalue weighted by molar-refractivity contribution is 0.590. The van der Waals surface area contributed by atoms with Gasteiger partial charge in [0.15, 0.2) is 0 Å². The van der Waals surface area contributed by atoms with E-state index in [1.165, 1.54) is 0 Å². The van der Waals surface area contributed by atoms with E-state index in [-0.39, 0.29) is 57.6 Å². The lowest BCUT2D eigenvalue weighted by atomic mass is 9.33. The molecule has 7 heteroatoms. The highest BCUT2D eigenvalue weighted by atomic mass is 16.3. The maximum absolute atomic E-state index is 10.5. The monoisotopic (exact) mass is 1530 g/mol. The Labute approximate surface area is 698 Å². The second-order valence-electron chi connectivity index (χ2n) is 32.3. The maximum Gasteiger partial charge on any atom is 0.252 e. The number of aromatic nitrogens is 1. The van der Waals surface area contributed by atoms with Gasteiger partial charge >= 0.3 is 0 Å². The van der Waals surface area contributed by atoms with Gasteiger partial charge in [-0.05, 0) is 179 Å². The first kappa shape index (κ1) is 61.3. The second-order valence-corrected chi connectivity index (χ2v) is 32.3. The Hall–Kier alpha value is -15.2. The van der Waals surface area contributed by atoms with Crippen LogP contribution in [0.1, 0.15) is 35.9 Å². The number of hydrogen-bond donors (Lipinski definition) is 0.